The lowest BCUT2D eigenvalue weighted by Gasteiger charge is -2.32. The average Bonchev–Trinajstić information content (AvgIpc) is 3.24. The van der Waals surface area contributed by atoms with E-state index in [1.165, 1.54) is 0 Å². The summed E-state index contributed by atoms with van der Waals surface area (Å²) in [5.41, 5.74) is 1.47. The van der Waals surface area contributed by atoms with Crippen LogP contribution in [0, 0.1) is 0 Å². The number of amides is 1. The number of carbonyl (C=O) groups is 1. The van der Waals surface area contributed by atoms with Crippen LogP contribution in [0.15, 0.2) is 66.9 Å². The van der Waals surface area contributed by atoms with Gasteiger partial charge >= 0.3 is 0 Å². The monoisotopic (exact) mass is 408 g/mol. The molecule has 158 valence electrons. The van der Waals surface area contributed by atoms with E-state index in [9.17, 15) is 4.79 Å². The Kier molecular flexibility index (Phi) is 7.32. The van der Waals surface area contributed by atoms with Gasteiger partial charge in [0.05, 0.1) is 18.3 Å². The first kappa shape index (κ1) is 21.7. The fraction of sp³-hybridized carbons (Fsp3) is 0.348. The zero-order valence-electron chi connectivity index (χ0n) is 17.6. The van der Waals surface area contributed by atoms with Gasteiger partial charge in [-0.25, -0.2) is 4.68 Å². The molecule has 0 bridgehead atoms. The van der Waals surface area contributed by atoms with Gasteiger partial charge in [0, 0.05) is 13.2 Å². The van der Waals surface area contributed by atoms with Gasteiger partial charge in [-0.1, -0.05) is 65.9 Å². The minimum Gasteiger partial charge on any atom is -0.351 e. The summed E-state index contributed by atoms with van der Waals surface area (Å²) < 4.78 is 12.6. The Morgan fingerprint density at radius 3 is 2.03 bits per heavy atom. The quantitative estimate of drug-likeness (QED) is 0.521. The van der Waals surface area contributed by atoms with Crippen molar-refractivity contribution in [2.24, 2.45) is 0 Å². The minimum absolute atomic E-state index is 0.236. The molecule has 7 heteroatoms. The van der Waals surface area contributed by atoms with Crippen molar-refractivity contribution in [3.8, 4) is 0 Å². The van der Waals surface area contributed by atoms with E-state index in [0.717, 1.165) is 11.1 Å². The summed E-state index contributed by atoms with van der Waals surface area (Å²) in [4.78, 5) is 13.1. The number of hydrogen-bond acceptors (Lipinski definition) is 5. The minimum atomic E-state index is -0.720. The van der Waals surface area contributed by atoms with Crippen LogP contribution < -0.4 is 5.32 Å². The molecule has 0 aliphatic carbocycles. The van der Waals surface area contributed by atoms with Crippen molar-refractivity contribution in [1.29, 1.82) is 0 Å². The fourth-order valence-electron chi connectivity index (χ4n) is 3.31. The zero-order valence-corrected chi connectivity index (χ0v) is 17.6. The van der Waals surface area contributed by atoms with E-state index in [2.05, 4.69) is 15.6 Å². The molecule has 1 heterocycles. The van der Waals surface area contributed by atoms with Gasteiger partial charge in [-0.15, -0.1) is 5.10 Å². The van der Waals surface area contributed by atoms with Crippen LogP contribution >= 0.6 is 0 Å². The Balaban J connectivity index is 1.81. The number of aromatic nitrogens is 3. The standard InChI is InChI=1S/C23H28N4O3/c1-4-29-21(30-5-2)17-27-16-20(25-26-27)22(28)24-23(3,18-12-8-6-9-13-18)19-14-10-7-11-15-19/h6-16,21H,4-5,17H2,1-3H3,(H,24,28). The molecular formula is C23H28N4O3. The van der Waals surface area contributed by atoms with Crippen LogP contribution in [0.5, 0.6) is 0 Å². The molecule has 0 aliphatic rings. The second-order valence-corrected chi connectivity index (χ2v) is 6.98. The van der Waals surface area contributed by atoms with Gasteiger partial charge < -0.3 is 14.8 Å². The van der Waals surface area contributed by atoms with E-state index >= 15 is 0 Å². The summed E-state index contributed by atoms with van der Waals surface area (Å²) >= 11 is 0. The van der Waals surface area contributed by atoms with Crippen LogP contribution in [0.2, 0.25) is 0 Å². The molecule has 0 radical (unpaired) electrons. The van der Waals surface area contributed by atoms with Gasteiger partial charge in [0.25, 0.3) is 5.91 Å². The number of carbonyl (C=O) groups excluding carboxylic acids is 1. The van der Waals surface area contributed by atoms with Crippen molar-refractivity contribution in [1.82, 2.24) is 20.3 Å². The molecule has 2 aromatic carbocycles. The molecule has 30 heavy (non-hydrogen) atoms. The van der Waals surface area contributed by atoms with Crippen LogP contribution in [0.25, 0.3) is 0 Å². The predicted octanol–water partition coefficient (Wildman–Crippen LogP) is 3.37. The molecule has 7 nitrogen and oxygen atoms in total. The van der Waals surface area contributed by atoms with Crippen LogP contribution in [0.3, 0.4) is 0 Å². The second kappa shape index (κ2) is 10.1. The SMILES string of the molecule is CCOC(Cn1cc(C(=O)NC(C)(c2ccccc2)c2ccccc2)nn1)OCC. The summed E-state index contributed by atoms with van der Waals surface area (Å²) in [6.07, 6.45) is 1.17. The largest absolute Gasteiger partial charge is 0.351 e. The summed E-state index contributed by atoms with van der Waals surface area (Å²) in [5.74, 6) is -0.305. The van der Waals surface area contributed by atoms with Crippen LogP contribution in [-0.4, -0.2) is 40.4 Å². The Hall–Kier alpha value is -3.03. The maximum Gasteiger partial charge on any atom is 0.274 e. The van der Waals surface area contributed by atoms with Crippen LogP contribution in [0.4, 0.5) is 0 Å². The molecule has 1 N–H and O–H groups in total. The third kappa shape index (κ3) is 5.11. The molecule has 0 aliphatic heterocycles. The van der Waals surface area contributed by atoms with Crippen molar-refractivity contribution in [2.75, 3.05) is 13.2 Å². The van der Waals surface area contributed by atoms with E-state index in [4.69, 9.17) is 9.47 Å². The lowest BCUT2D eigenvalue weighted by Crippen LogP contribution is -2.44. The van der Waals surface area contributed by atoms with Crippen molar-refractivity contribution in [3.63, 3.8) is 0 Å². The fourth-order valence-corrected chi connectivity index (χ4v) is 3.31. The molecule has 3 rings (SSSR count). The Morgan fingerprint density at radius 1 is 1.00 bits per heavy atom. The van der Waals surface area contributed by atoms with Crippen LogP contribution in [0.1, 0.15) is 42.4 Å². The van der Waals surface area contributed by atoms with Crippen molar-refractivity contribution in [2.45, 2.75) is 39.1 Å². The van der Waals surface area contributed by atoms with E-state index in [1.807, 2.05) is 81.4 Å². The highest BCUT2D eigenvalue weighted by molar-refractivity contribution is 5.92. The summed E-state index contributed by atoms with van der Waals surface area (Å²) in [7, 11) is 0. The first-order valence-corrected chi connectivity index (χ1v) is 10.1. The lowest BCUT2D eigenvalue weighted by atomic mass is 9.84. The normalized spacial score (nSPS) is 11.6. The molecule has 0 atom stereocenters. The third-order valence-electron chi connectivity index (χ3n) is 4.88. The van der Waals surface area contributed by atoms with Crippen molar-refractivity contribution in [3.05, 3.63) is 83.7 Å². The summed E-state index contributed by atoms with van der Waals surface area (Å²) in [6.45, 7) is 7.20. The first-order valence-electron chi connectivity index (χ1n) is 10.1. The molecule has 0 saturated carbocycles. The molecule has 1 amide bonds. The maximum absolute atomic E-state index is 13.1. The molecule has 0 unspecified atom stereocenters. The number of hydrogen-bond donors (Lipinski definition) is 1. The van der Waals surface area contributed by atoms with Gasteiger partial charge in [-0.2, -0.15) is 0 Å². The smallest absolute Gasteiger partial charge is 0.274 e. The van der Waals surface area contributed by atoms with Gasteiger partial charge in [-0.05, 0) is 31.9 Å². The first-order chi connectivity index (χ1) is 14.6. The zero-order chi connectivity index (χ0) is 21.4. The third-order valence-corrected chi connectivity index (χ3v) is 4.88. The van der Waals surface area contributed by atoms with Gasteiger partial charge in [-0.3, -0.25) is 4.79 Å². The maximum atomic E-state index is 13.1. The van der Waals surface area contributed by atoms with Gasteiger partial charge in [0.2, 0.25) is 0 Å². The van der Waals surface area contributed by atoms with E-state index in [0.29, 0.717) is 19.8 Å². The highest BCUT2D eigenvalue weighted by atomic mass is 16.7. The van der Waals surface area contributed by atoms with E-state index in [-0.39, 0.29) is 11.6 Å². The van der Waals surface area contributed by atoms with Crippen LogP contribution in [-0.2, 0) is 21.6 Å². The highest BCUT2D eigenvalue weighted by Gasteiger charge is 2.31. The van der Waals surface area contributed by atoms with E-state index < -0.39 is 11.8 Å². The molecule has 0 spiro atoms. The number of benzene rings is 2. The lowest BCUT2D eigenvalue weighted by molar-refractivity contribution is -0.145. The second-order valence-electron chi connectivity index (χ2n) is 6.98. The number of ether oxygens (including phenoxy) is 2. The van der Waals surface area contributed by atoms with Crippen molar-refractivity contribution >= 4 is 5.91 Å². The van der Waals surface area contributed by atoms with E-state index in [1.54, 1.807) is 10.9 Å². The Labute approximate surface area is 177 Å². The Bertz CT molecular complexity index is 882. The highest BCUT2D eigenvalue weighted by Crippen LogP contribution is 2.29. The number of nitrogens with one attached hydrogen (secondary N) is 1. The summed E-state index contributed by atoms with van der Waals surface area (Å²) in [6, 6.07) is 19.7. The van der Waals surface area contributed by atoms with Gasteiger partial charge in [0.15, 0.2) is 12.0 Å². The predicted molar refractivity (Wildman–Crippen MR) is 114 cm³/mol. The number of rotatable bonds is 10. The molecule has 1 aromatic heterocycles. The number of nitrogens with zero attached hydrogens (tertiary/aromatic N) is 3. The summed E-state index contributed by atoms with van der Waals surface area (Å²) in [5, 5.41) is 11.3. The molecule has 3 aromatic rings. The molecule has 0 fully saturated rings. The molecule has 0 saturated heterocycles. The van der Waals surface area contributed by atoms with Crippen molar-refractivity contribution < 1.29 is 14.3 Å². The topological polar surface area (TPSA) is 78.3 Å². The van der Waals surface area contributed by atoms with Gasteiger partial charge in [0.1, 0.15) is 0 Å². The Morgan fingerprint density at radius 2 is 1.53 bits per heavy atom. The molecular weight excluding hydrogens is 380 g/mol. The average molecular weight is 409 g/mol.